The van der Waals surface area contributed by atoms with E-state index in [2.05, 4.69) is 58.6 Å². The molecule has 0 bridgehead atoms. The highest BCUT2D eigenvalue weighted by Gasteiger charge is 2.24. The molecule has 2 aromatic carbocycles. The molecule has 1 aromatic heterocycles. The van der Waals surface area contributed by atoms with E-state index in [1.54, 1.807) is 0 Å². The van der Waals surface area contributed by atoms with Gasteiger partial charge in [-0.2, -0.15) is 0 Å². The molecule has 206 valence electrons. The second-order valence-electron chi connectivity index (χ2n) is 11.1. The number of rotatable bonds is 7. The van der Waals surface area contributed by atoms with E-state index < -0.39 is 11.7 Å². The van der Waals surface area contributed by atoms with Crippen molar-refractivity contribution in [3.63, 3.8) is 0 Å². The number of benzene rings is 2. The number of hydrogen-bond acceptors (Lipinski definition) is 6. The van der Waals surface area contributed by atoms with Crippen molar-refractivity contribution in [2.45, 2.75) is 70.2 Å². The summed E-state index contributed by atoms with van der Waals surface area (Å²) in [5.74, 6) is -0.372. The van der Waals surface area contributed by atoms with Gasteiger partial charge in [-0.3, -0.25) is 9.69 Å². The second kappa shape index (κ2) is 12.2. The Labute approximate surface area is 230 Å². The van der Waals surface area contributed by atoms with Crippen LogP contribution in [0.5, 0.6) is 11.6 Å². The highest BCUT2D eigenvalue weighted by Crippen LogP contribution is 2.29. The molecule has 7 nitrogen and oxygen atoms in total. The largest absolute Gasteiger partial charge is 0.438 e. The fourth-order valence-electron chi connectivity index (χ4n) is 5.72. The summed E-state index contributed by atoms with van der Waals surface area (Å²) in [6.07, 6.45) is 4.39. The Bertz CT molecular complexity index is 1280. The van der Waals surface area contributed by atoms with Gasteiger partial charge >= 0.3 is 0 Å². The van der Waals surface area contributed by atoms with Crippen LogP contribution >= 0.6 is 0 Å². The maximum atomic E-state index is 14.1. The van der Waals surface area contributed by atoms with Crippen molar-refractivity contribution < 1.29 is 13.9 Å². The number of nitrogens with zero attached hydrogens (tertiary/aromatic N) is 2. The Balaban J connectivity index is 1.31. The molecule has 1 saturated carbocycles. The molecule has 1 aliphatic heterocycles. The first kappa shape index (κ1) is 27.2. The normalized spacial score (nSPS) is 23.8. The van der Waals surface area contributed by atoms with Gasteiger partial charge in [-0.25, -0.2) is 9.37 Å². The van der Waals surface area contributed by atoms with Crippen LogP contribution in [0, 0.1) is 5.82 Å². The third kappa shape index (κ3) is 7.20. The minimum Gasteiger partial charge on any atom is -0.438 e. The van der Waals surface area contributed by atoms with Gasteiger partial charge in [-0.05, 0) is 80.5 Å². The molecule has 2 aliphatic rings. The zero-order valence-electron chi connectivity index (χ0n) is 22.7. The molecule has 2 heterocycles. The summed E-state index contributed by atoms with van der Waals surface area (Å²) >= 11 is 0. The summed E-state index contributed by atoms with van der Waals surface area (Å²) in [4.78, 5) is 19.6. The number of halogens is 1. The Morgan fingerprint density at radius 2 is 1.74 bits per heavy atom. The molecule has 0 unspecified atom stereocenters. The van der Waals surface area contributed by atoms with E-state index in [1.807, 2.05) is 24.3 Å². The van der Waals surface area contributed by atoms with E-state index in [4.69, 9.17) is 10.5 Å². The Morgan fingerprint density at radius 1 is 1.05 bits per heavy atom. The average molecular weight is 532 g/mol. The number of piperazine rings is 1. The number of nitrogens with one attached hydrogen (secondary N) is 2. The van der Waals surface area contributed by atoms with Gasteiger partial charge in [0.2, 0.25) is 5.88 Å². The number of carbonyl (C=O) groups excluding carboxylic acids is 1. The monoisotopic (exact) mass is 531 g/mol. The van der Waals surface area contributed by atoms with Gasteiger partial charge in [0.15, 0.2) is 0 Å². The molecule has 2 atom stereocenters. The van der Waals surface area contributed by atoms with Crippen molar-refractivity contribution in [3.05, 3.63) is 77.7 Å². The molecule has 3 aromatic rings. The first-order chi connectivity index (χ1) is 18.8. The Morgan fingerprint density at radius 3 is 2.49 bits per heavy atom. The van der Waals surface area contributed by atoms with E-state index in [0.29, 0.717) is 17.8 Å². The van der Waals surface area contributed by atoms with Crippen LogP contribution in [-0.4, -0.2) is 53.0 Å². The summed E-state index contributed by atoms with van der Waals surface area (Å²) in [6, 6.07) is 18.5. The topological polar surface area (TPSA) is 92.5 Å². The van der Waals surface area contributed by atoms with E-state index >= 15 is 0 Å². The predicted octanol–water partition coefficient (Wildman–Crippen LogP) is 4.86. The van der Waals surface area contributed by atoms with Crippen molar-refractivity contribution in [1.82, 2.24) is 20.5 Å². The lowest BCUT2D eigenvalue weighted by Crippen LogP contribution is -2.53. The summed E-state index contributed by atoms with van der Waals surface area (Å²) in [5.41, 5.74) is 9.39. The molecule has 39 heavy (non-hydrogen) atoms. The maximum absolute atomic E-state index is 14.1. The van der Waals surface area contributed by atoms with Crippen molar-refractivity contribution >= 4 is 5.91 Å². The second-order valence-corrected chi connectivity index (χ2v) is 11.1. The van der Waals surface area contributed by atoms with Crippen molar-refractivity contribution in [2.75, 3.05) is 13.1 Å². The maximum Gasteiger partial charge on any atom is 0.257 e. The lowest BCUT2D eigenvalue weighted by Gasteiger charge is -2.36. The molecule has 0 spiro atoms. The van der Waals surface area contributed by atoms with Gasteiger partial charge in [0.05, 0.1) is 6.20 Å². The zero-order valence-corrected chi connectivity index (χ0v) is 22.7. The molecule has 1 amide bonds. The Hall–Kier alpha value is -3.33. The van der Waals surface area contributed by atoms with Crippen LogP contribution in [0.4, 0.5) is 4.39 Å². The van der Waals surface area contributed by atoms with Gasteiger partial charge in [-0.1, -0.05) is 30.3 Å². The molecule has 8 heteroatoms. The molecular weight excluding hydrogens is 493 g/mol. The molecule has 5 rings (SSSR count). The quantitative estimate of drug-likeness (QED) is 0.403. The predicted molar refractivity (Wildman–Crippen MR) is 151 cm³/mol. The number of nitrogens with two attached hydrogens (primary N) is 1. The van der Waals surface area contributed by atoms with Crippen LogP contribution in [0.3, 0.4) is 0 Å². The standard InChI is InChI=1S/C31H38FN5O2/c1-20-17-37(18-21(2)35-20)19-22-5-3-6-23(13-22)24-7-4-8-28(14-24)39-31-29(15-25(32)16-34-31)30(38)36-27-11-9-26(33)10-12-27/h3-8,13-16,20-21,26-27,35H,9-12,17-19,33H2,1-2H3,(H,36,38)/t20-,21+,26?,27?. The average Bonchev–Trinajstić information content (AvgIpc) is 2.91. The van der Waals surface area contributed by atoms with E-state index in [9.17, 15) is 9.18 Å². The highest BCUT2D eigenvalue weighted by molar-refractivity contribution is 5.96. The van der Waals surface area contributed by atoms with Crippen LogP contribution in [-0.2, 0) is 6.54 Å². The zero-order chi connectivity index (χ0) is 27.4. The summed E-state index contributed by atoms with van der Waals surface area (Å²) in [6.45, 7) is 7.38. The number of hydrogen-bond donors (Lipinski definition) is 3. The van der Waals surface area contributed by atoms with E-state index in [1.165, 1.54) is 11.6 Å². The lowest BCUT2D eigenvalue weighted by molar-refractivity contribution is 0.0922. The van der Waals surface area contributed by atoms with Crippen molar-refractivity contribution in [1.29, 1.82) is 0 Å². The van der Waals surface area contributed by atoms with Crippen LogP contribution in [0.1, 0.15) is 55.5 Å². The van der Waals surface area contributed by atoms with Crippen molar-refractivity contribution in [3.8, 4) is 22.8 Å². The van der Waals surface area contributed by atoms with Gasteiger partial charge in [0, 0.05) is 43.8 Å². The number of amides is 1. The third-order valence-electron chi connectivity index (χ3n) is 7.52. The summed E-state index contributed by atoms with van der Waals surface area (Å²) in [5, 5.41) is 6.59. The fourth-order valence-corrected chi connectivity index (χ4v) is 5.72. The summed E-state index contributed by atoms with van der Waals surface area (Å²) in [7, 11) is 0. The van der Waals surface area contributed by atoms with Crippen LogP contribution in [0.25, 0.3) is 11.1 Å². The first-order valence-corrected chi connectivity index (χ1v) is 13.9. The SMILES string of the molecule is C[C@@H]1CN(Cc2cccc(-c3cccc(Oc4ncc(F)cc4C(=O)NC4CCC(N)CC4)c3)c2)C[C@H](C)N1. The minimum absolute atomic E-state index is 0.0108. The van der Waals surface area contributed by atoms with Gasteiger partial charge < -0.3 is 21.1 Å². The fraction of sp³-hybridized carbons (Fsp3) is 0.419. The number of ether oxygens (including phenoxy) is 1. The molecule has 4 N–H and O–H groups in total. The number of pyridine rings is 1. The molecule has 1 aliphatic carbocycles. The first-order valence-electron chi connectivity index (χ1n) is 13.9. The molecule has 0 radical (unpaired) electrons. The number of carbonyl (C=O) groups is 1. The van der Waals surface area contributed by atoms with Gasteiger partial charge in [-0.15, -0.1) is 0 Å². The highest BCUT2D eigenvalue weighted by atomic mass is 19.1. The van der Waals surface area contributed by atoms with Crippen LogP contribution in [0.15, 0.2) is 60.8 Å². The van der Waals surface area contributed by atoms with Gasteiger partial charge in [0.1, 0.15) is 17.1 Å². The van der Waals surface area contributed by atoms with Crippen LogP contribution in [0.2, 0.25) is 0 Å². The van der Waals surface area contributed by atoms with Crippen LogP contribution < -0.4 is 21.1 Å². The Kier molecular flexibility index (Phi) is 8.55. The number of aromatic nitrogens is 1. The minimum atomic E-state index is -0.586. The van der Waals surface area contributed by atoms with Gasteiger partial charge in [0.25, 0.3) is 5.91 Å². The smallest absolute Gasteiger partial charge is 0.257 e. The molecule has 2 fully saturated rings. The lowest BCUT2D eigenvalue weighted by atomic mass is 9.91. The molecular formula is C31H38FN5O2. The van der Waals surface area contributed by atoms with Crippen molar-refractivity contribution in [2.24, 2.45) is 5.73 Å². The summed E-state index contributed by atoms with van der Waals surface area (Å²) < 4.78 is 20.1. The molecule has 1 saturated heterocycles. The van der Waals surface area contributed by atoms with E-state index in [0.717, 1.165) is 62.6 Å². The third-order valence-corrected chi connectivity index (χ3v) is 7.52. The van der Waals surface area contributed by atoms with E-state index in [-0.39, 0.29) is 23.5 Å².